The molecular formula is C24H48N4O4. The normalized spacial score (nSPS) is 15.5. The summed E-state index contributed by atoms with van der Waals surface area (Å²) in [5, 5.41) is 16.0. The Morgan fingerprint density at radius 1 is 1.22 bits per heavy atom. The standard InChI is InChI=1S/C17H28N4O3.C3H8O.2C2H6/c1-12(2)6-7-24-17(4,5)11-20-9-14(18-19-20)10-21-15(22)8-13(3)16(21)23;1-2-3-4;2*1-2/h9,12-13H,6-8,10-11H2,1-5H3;4H,2-3H2,1H3;2*1-2H3. The molecule has 8 heteroatoms. The van der Waals surface area contributed by atoms with Crippen LogP contribution in [-0.4, -0.2) is 55.6 Å². The number of carbonyl (C=O) groups excluding carboxylic acids is 2. The van der Waals surface area contributed by atoms with E-state index in [2.05, 4.69) is 24.2 Å². The molecule has 1 unspecified atom stereocenters. The molecule has 0 spiro atoms. The van der Waals surface area contributed by atoms with Crippen LogP contribution in [0.1, 0.15) is 94.2 Å². The van der Waals surface area contributed by atoms with E-state index in [1.165, 1.54) is 4.90 Å². The number of hydrogen-bond donors (Lipinski definition) is 1. The summed E-state index contributed by atoms with van der Waals surface area (Å²) in [7, 11) is 0. The van der Waals surface area contributed by atoms with Crippen molar-refractivity contribution < 1.29 is 19.4 Å². The van der Waals surface area contributed by atoms with Crippen LogP contribution in [0, 0.1) is 11.8 Å². The van der Waals surface area contributed by atoms with E-state index >= 15 is 0 Å². The summed E-state index contributed by atoms with van der Waals surface area (Å²) in [6, 6.07) is 0. The van der Waals surface area contributed by atoms with Gasteiger partial charge in [0.05, 0.1) is 24.9 Å². The molecule has 1 aliphatic rings. The average molecular weight is 457 g/mol. The molecular weight excluding hydrogens is 408 g/mol. The maximum absolute atomic E-state index is 12.0. The lowest BCUT2D eigenvalue weighted by atomic mass is 10.1. The van der Waals surface area contributed by atoms with Gasteiger partial charge in [-0.3, -0.25) is 14.5 Å². The first-order chi connectivity index (χ1) is 15.1. The predicted octanol–water partition coefficient (Wildman–Crippen LogP) is 4.46. The van der Waals surface area contributed by atoms with E-state index in [0.29, 0.717) is 31.4 Å². The second-order valence-electron chi connectivity index (χ2n) is 8.35. The molecule has 0 saturated carbocycles. The molecule has 1 atom stereocenters. The summed E-state index contributed by atoms with van der Waals surface area (Å²) < 4.78 is 7.64. The zero-order valence-electron chi connectivity index (χ0n) is 22.1. The minimum Gasteiger partial charge on any atom is -0.396 e. The Labute approximate surface area is 195 Å². The highest BCUT2D eigenvalue weighted by Gasteiger charge is 2.35. The number of rotatable bonds is 9. The lowest BCUT2D eigenvalue weighted by Crippen LogP contribution is -2.31. The first-order valence-corrected chi connectivity index (χ1v) is 12.1. The molecule has 2 amide bonds. The van der Waals surface area contributed by atoms with E-state index in [1.807, 2.05) is 48.5 Å². The Kier molecular flexibility index (Phi) is 17.9. The number of aliphatic hydroxyl groups excluding tert-OH is 1. The number of nitrogens with zero attached hydrogens (tertiary/aromatic N) is 4. The van der Waals surface area contributed by atoms with Crippen LogP contribution in [0.2, 0.25) is 0 Å². The zero-order chi connectivity index (χ0) is 25.3. The van der Waals surface area contributed by atoms with Crippen molar-refractivity contribution in [1.29, 1.82) is 0 Å². The fourth-order valence-corrected chi connectivity index (χ4v) is 2.67. The van der Waals surface area contributed by atoms with Crippen molar-refractivity contribution in [2.24, 2.45) is 11.8 Å². The molecule has 1 fully saturated rings. The Morgan fingerprint density at radius 2 is 1.78 bits per heavy atom. The highest BCUT2D eigenvalue weighted by Crippen LogP contribution is 2.21. The van der Waals surface area contributed by atoms with Crippen molar-refractivity contribution in [3.8, 4) is 0 Å². The number of carbonyl (C=O) groups is 2. The SMILES string of the molecule is CC.CC.CC(C)CCOC(C)(C)Cn1cc(CN2C(=O)CC(C)C2=O)nn1.CCCO. The van der Waals surface area contributed by atoms with Gasteiger partial charge in [-0.25, -0.2) is 4.68 Å². The van der Waals surface area contributed by atoms with Gasteiger partial charge in [-0.05, 0) is 32.6 Å². The predicted molar refractivity (Wildman–Crippen MR) is 129 cm³/mol. The summed E-state index contributed by atoms with van der Waals surface area (Å²) in [6.07, 6.45) is 3.95. The molecule has 1 saturated heterocycles. The summed E-state index contributed by atoms with van der Waals surface area (Å²) in [5.74, 6) is 0.101. The van der Waals surface area contributed by atoms with Gasteiger partial charge < -0.3 is 9.84 Å². The van der Waals surface area contributed by atoms with Crippen LogP contribution in [0.15, 0.2) is 6.20 Å². The van der Waals surface area contributed by atoms with Crippen molar-refractivity contribution in [1.82, 2.24) is 19.9 Å². The van der Waals surface area contributed by atoms with Gasteiger partial charge in [0.15, 0.2) is 0 Å². The van der Waals surface area contributed by atoms with Crippen LogP contribution in [0.25, 0.3) is 0 Å². The Hall–Kier alpha value is -1.80. The second kappa shape index (κ2) is 17.7. The fourth-order valence-electron chi connectivity index (χ4n) is 2.67. The zero-order valence-corrected chi connectivity index (χ0v) is 22.1. The van der Waals surface area contributed by atoms with Crippen LogP contribution < -0.4 is 0 Å². The number of ether oxygens (including phenoxy) is 1. The highest BCUT2D eigenvalue weighted by atomic mass is 16.5. The van der Waals surface area contributed by atoms with Crippen molar-refractivity contribution in [3.05, 3.63) is 11.9 Å². The smallest absolute Gasteiger partial charge is 0.232 e. The molecule has 1 aromatic rings. The van der Waals surface area contributed by atoms with E-state index in [9.17, 15) is 9.59 Å². The maximum Gasteiger partial charge on any atom is 0.232 e. The van der Waals surface area contributed by atoms with Gasteiger partial charge in [0.2, 0.25) is 11.8 Å². The molecule has 1 aliphatic heterocycles. The molecule has 1 aromatic heterocycles. The van der Waals surface area contributed by atoms with Gasteiger partial charge in [0.25, 0.3) is 0 Å². The lowest BCUT2D eigenvalue weighted by molar-refractivity contribution is -0.140. The first-order valence-electron chi connectivity index (χ1n) is 12.1. The third kappa shape index (κ3) is 12.9. The number of amides is 2. The monoisotopic (exact) mass is 456 g/mol. The Morgan fingerprint density at radius 3 is 2.22 bits per heavy atom. The number of aromatic nitrogens is 3. The average Bonchev–Trinajstić information content (AvgIpc) is 3.29. The van der Waals surface area contributed by atoms with Crippen LogP contribution in [-0.2, 0) is 27.4 Å². The number of hydrogen-bond acceptors (Lipinski definition) is 6. The quantitative estimate of drug-likeness (QED) is 0.551. The van der Waals surface area contributed by atoms with Gasteiger partial charge in [-0.2, -0.15) is 0 Å². The Balaban J connectivity index is 0. The van der Waals surface area contributed by atoms with E-state index in [4.69, 9.17) is 9.84 Å². The largest absolute Gasteiger partial charge is 0.396 e. The van der Waals surface area contributed by atoms with Crippen LogP contribution in [0.5, 0.6) is 0 Å². The molecule has 8 nitrogen and oxygen atoms in total. The number of likely N-dealkylation sites (tertiary alicyclic amines) is 1. The van der Waals surface area contributed by atoms with Crippen LogP contribution >= 0.6 is 0 Å². The fraction of sp³-hybridized carbons (Fsp3) is 0.833. The van der Waals surface area contributed by atoms with Crippen LogP contribution in [0.3, 0.4) is 0 Å². The summed E-state index contributed by atoms with van der Waals surface area (Å²) >= 11 is 0. The minimum atomic E-state index is -0.354. The molecule has 32 heavy (non-hydrogen) atoms. The molecule has 0 radical (unpaired) electrons. The van der Waals surface area contributed by atoms with Crippen molar-refractivity contribution in [2.75, 3.05) is 13.2 Å². The van der Waals surface area contributed by atoms with Gasteiger partial charge in [0.1, 0.15) is 5.69 Å². The maximum atomic E-state index is 12.0. The van der Waals surface area contributed by atoms with Crippen LogP contribution in [0.4, 0.5) is 0 Å². The van der Waals surface area contributed by atoms with Gasteiger partial charge in [-0.1, -0.05) is 60.6 Å². The topological polar surface area (TPSA) is 97.6 Å². The highest BCUT2D eigenvalue weighted by molar-refractivity contribution is 6.03. The Bertz CT molecular complexity index is 627. The van der Waals surface area contributed by atoms with Crippen molar-refractivity contribution in [3.63, 3.8) is 0 Å². The van der Waals surface area contributed by atoms with E-state index in [0.717, 1.165) is 12.8 Å². The third-order valence-electron chi connectivity index (χ3n) is 4.33. The summed E-state index contributed by atoms with van der Waals surface area (Å²) in [5.41, 5.74) is 0.261. The van der Waals surface area contributed by atoms with E-state index < -0.39 is 0 Å². The third-order valence-corrected chi connectivity index (χ3v) is 4.33. The van der Waals surface area contributed by atoms with Gasteiger partial charge in [0, 0.05) is 25.6 Å². The number of aliphatic hydroxyl groups is 1. The molecule has 0 aliphatic carbocycles. The minimum absolute atomic E-state index is 0.133. The van der Waals surface area contributed by atoms with Gasteiger partial charge in [-0.15, -0.1) is 5.10 Å². The summed E-state index contributed by atoms with van der Waals surface area (Å²) in [6.45, 7) is 21.9. The van der Waals surface area contributed by atoms with Crippen molar-refractivity contribution >= 4 is 11.8 Å². The van der Waals surface area contributed by atoms with E-state index in [-0.39, 0.29) is 36.3 Å². The molecule has 0 bridgehead atoms. The molecule has 2 rings (SSSR count). The van der Waals surface area contributed by atoms with E-state index in [1.54, 1.807) is 17.8 Å². The lowest BCUT2D eigenvalue weighted by Gasteiger charge is -2.25. The number of imide groups is 1. The summed E-state index contributed by atoms with van der Waals surface area (Å²) in [4.78, 5) is 25.1. The van der Waals surface area contributed by atoms with Crippen molar-refractivity contribution in [2.45, 2.75) is 107 Å². The van der Waals surface area contributed by atoms with Gasteiger partial charge >= 0.3 is 0 Å². The molecule has 0 aromatic carbocycles. The first kappa shape index (κ1) is 32.4. The second-order valence-corrected chi connectivity index (χ2v) is 8.35. The molecule has 1 N–H and O–H groups in total. The molecule has 188 valence electrons. The molecule has 2 heterocycles.